The first-order valence-electron chi connectivity index (χ1n) is 9.56. The van der Waals surface area contributed by atoms with E-state index >= 15 is 0 Å². The van der Waals surface area contributed by atoms with Crippen molar-refractivity contribution in [3.05, 3.63) is 70.9 Å². The molecule has 0 bridgehead atoms. The zero-order valence-electron chi connectivity index (χ0n) is 16.7. The minimum atomic E-state index is -1.64. The van der Waals surface area contributed by atoms with Crippen molar-refractivity contribution in [3.8, 4) is 5.75 Å². The Kier molecular flexibility index (Phi) is 4.32. The third kappa shape index (κ3) is 2.77. The van der Waals surface area contributed by atoms with Crippen molar-refractivity contribution in [2.45, 2.75) is 31.7 Å². The lowest BCUT2D eigenvalue weighted by Crippen LogP contribution is -2.36. The number of hydrogen-bond donors (Lipinski definition) is 0. The number of hydrogen-bond acceptors (Lipinski definition) is 2. The lowest BCUT2D eigenvalue weighted by molar-refractivity contribution is 0.138. The molecule has 1 aliphatic carbocycles. The molecule has 2 aromatic carbocycles. The van der Waals surface area contributed by atoms with Gasteiger partial charge in [-0.25, -0.2) is 0 Å². The van der Waals surface area contributed by atoms with E-state index in [0.717, 1.165) is 17.2 Å². The molecular formula is C23H27NOSSi. The highest BCUT2D eigenvalue weighted by Crippen LogP contribution is 2.61. The summed E-state index contributed by atoms with van der Waals surface area (Å²) in [5.41, 5.74) is 3.45. The topological polar surface area (TPSA) is 12.5 Å². The molecule has 2 aliphatic rings. The Labute approximate surface area is 168 Å². The van der Waals surface area contributed by atoms with Gasteiger partial charge in [-0.2, -0.15) is 0 Å². The van der Waals surface area contributed by atoms with Gasteiger partial charge >= 0.3 is 0 Å². The summed E-state index contributed by atoms with van der Waals surface area (Å²) in [4.78, 5) is 3.12. The molecule has 1 heterocycles. The largest absolute Gasteiger partial charge is 0.477 e. The van der Waals surface area contributed by atoms with Crippen LogP contribution in [0.2, 0.25) is 19.6 Å². The fraction of sp³-hybridized carbons (Fsp3) is 0.348. The monoisotopic (exact) mass is 393 g/mol. The summed E-state index contributed by atoms with van der Waals surface area (Å²) in [6.45, 7) is 7.30. The van der Waals surface area contributed by atoms with Crippen molar-refractivity contribution < 1.29 is 4.74 Å². The summed E-state index contributed by atoms with van der Waals surface area (Å²) in [6, 6.07) is 19.2. The van der Waals surface area contributed by atoms with Crippen molar-refractivity contribution in [1.29, 1.82) is 0 Å². The minimum absolute atomic E-state index is 0.255. The molecule has 0 fully saturated rings. The van der Waals surface area contributed by atoms with Gasteiger partial charge < -0.3 is 9.64 Å². The van der Waals surface area contributed by atoms with Crippen LogP contribution in [-0.4, -0.2) is 32.1 Å². The molecule has 0 aromatic heterocycles. The molecule has 0 unspecified atom stereocenters. The van der Waals surface area contributed by atoms with Gasteiger partial charge in [0.15, 0.2) is 5.60 Å². The Balaban J connectivity index is 2.03. The van der Waals surface area contributed by atoms with Gasteiger partial charge in [-0.15, -0.1) is 0 Å². The van der Waals surface area contributed by atoms with Gasteiger partial charge in [0.1, 0.15) is 5.75 Å². The van der Waals surface area contributed by atoms with Gasteiger partial charge in [0.2, 0.25) is 0 Å². The standard InChI is InChI=1S/C23H27NOSSi/c1-24(2)22(26)18-15-23(16-11-7-6-8-12-16)20(21(18)27(3,4)5)17-13-9-10-14-19(17)25-23/h6-14,18H,15H2,1-5H3/t18-,23-/m0/s1. The first kappa shape index (κ1) is 18.5. The van der Waals surface area contributed by atoms with E-state index in [1.54, 1.807) is 5.20 Å². The second kappa shape index (κ2) is 6.32. The summed E-state index contributed by atoms with van der Waals surface area (Å²) in [5.74, 6) is 1.26. The SMILES string of the molecule is CN(C)C(=S)[C@H]1C[C@@]2(c3ccccc3)Oc3ccccc3C2=C1[Si](C)(C)C. The maximum absolute atomic E-state index is 6.78. The number of ether oxygens (including phenoxy) is 1. The van der Waals surface area contributed by atoms with Gasteiger partial charge in [-0.1, -0.05) is 85.6 Å². The Hall–Kier alpha value is -1.91. The van der Waals surface area contributed by atoms with Gasteiger partial charge in [0.05, 0.1) is 13.1 Å². The predicted molar refractivity (Wildman–Crippen MR) is 120 cm³/mol. The molecule has 0 saturated heterocycles. The van der Waals surface area contributed by atoms with Crippen molar-refractivity contribution in [2.24, 2.45) is 5.92 Å². The van der Waals surface area contributed by atoms with Crippen LogP contribution in [0, 0.1) is 5.92 Å². The number of rotatable bonds is 3. The second-order valence-corrected chi connectivity index (χ2v) is 14.3. The van der Waals surface area contributed by atoms with Crippen LogP contribution < -0.4 is 4.74 Å². The number of para-hydroxylation sites is 1. The number of benzene rings is 2. The highest BCUT2D eigenvalue weighted by molar-refractivity contribution is 7.80. The average molecular weight is 394 g/mol. The Morgan fingerprint density at radius 1 is 1.04 bits per heavy atom. The van der Waals surface area contributed by atoms with Crippen LogP contribution in [0.1, 0.15) is 17.5 Å². The molecule has 2 aromatic rings. The maximum atomic E-state index is 6.78. The third-order valence-corrected chi connectivity index (χ3v) is 8.60. The minimum Gasteiger partial charge on any atom is -0.477 e. The molecule has 0 radical (unpaired) electrons. The Morgan fingerprint density at radius 2 is 1.67 bits per heavy atom. The molecule has 4 heteroatoms. The molecule has 2 nitrogen and oxygen atoms in total. The van der Waals surface area contributed by atoms with Crippen LogP contribution in [-0.2, 0) is 5.60 Å². The first-order valence-corrected chi connectivity index (χ1v) is 13.5. The van der Waals surface area contributed by atoms with Crippen LogP contribution in [0.15, 0.2) is 59.8 Å². The van der Waals surface area contributed by atoms with Crippen LogP contribution in [0.3, 0.4) is 0 Å². The van der Waals surface area contributed by atoms with Crippen molar-refractivity contribution >= 4 is 30.9 Å². The zero-order valence-corrected chi connectivity index (χ0v) is 18.6. The lowest BCUT2D eigenvalue weighted by atomic mass is 9.85. The van der Waals surface area contributed by atoms with E-state index in [2.05, 4.69) is 93.2 Å². The third-order valence-electron chi connectivity index (χ3n) is 5.74. The van der Waals surface area contributed by atoms with Crippen LogP contribution in [0.25, 0.3) is 5.57 Å². The fourth-order valence-electron chi connectivity index (χ4n) is 4.74. The quantitative estimate of drug-likeness (QED) is 0.504. The second-order valence-electron chi connectivity index (χ2n) is 8.82. The fourth-order valence-corrected chi connectivity index (χ4v) is 7.41. The molecule has 0 amide bonds. The van der Waals surface area contributed by atoms with Crippen molar-refractivity contribution in [1.82, 2.24) is 4.90 Å². The van der Waals surface area contributed by atoms with Gasteiger partial charge in [-0.3, -0.25) is 0 Å². The summed E-state index contributed by atoms with van der Waals surface area (Å²) in [6.07, 6.45) is 0.887. The summed E-state index contributed by atoms with van der Waals surface area (Å²) in [7, 11) is 2.48. The van der Waals surface area contributed by atoms with E-state index < -0.39 is 13.7 Å². The summed E-state index contributed by atoms with van der Waals surface area (Å²) < 4.78 is 6.78. The van der Waals surface area contributed by atoms with Crippen molar-refractivity contribution in [3.63, 3.8) is 0 Å². The Bertz CT molecular complexity index is 929. The van der Waals surface area contributed by atoms with Crippen LogP contribution in [0.5, 0.6) is 5.75 Å². The number of nitrogens with zero attached hydrogens (tertiary/aromatic N) is 1. The number of fused-ring (bicyclic) bond motifs is 3. The smallest absolute Gasteiger partial charge is 0.160 e. The van der Waals surface area contributed by atoms with E-state index in [1.165, 1.54) is 16.7 Å². The van der Waals surface area contributed by atoms with E-state index in [0.29, 0.717) is 0 Å². The highest BCUT2D eigenvalue weighted by atomic mass is 32.1. The van der Waals surface area contributed by atoms with Gasteiger partial charge in [0, 0.05) is 37.6 Å². The molecule has 0 N–H and O–H groups in total. The van der Waals surface area contributed by atoms with Gasteiger partial charge in [-0.05, 0) is 11.6 Å². The lowest BCUT2D eigenvalue weighted by Gasteiger charge is -2.30. The first-order chi connectivity index (χ1) is 12.8. The van der Waals surface area contributed by atoms with E-state index in [-0.39, 0.29) is 5.92 Å². The zero-order chi connectivity index (χ0) is 19.4. The summed E-state index contributed by atoms with van der Waals surface area (Å²) >= 11 is 5.92. The molecule has 1 aliphatic heterocycles. The Morgan fingerprint density at radius 3 is 2.30 bits per heavy atom. The van der Waals surface area contributed by atoms with E-state index in [9.17, 15) is 0 Å². The number of thiocarbonyl (C=S) groups is 1. The summed E-state index contributed by atoms with van der Waals surface area (Å²) in [5, 5.41) is 1.55. The van der Waals surface area contributed by atoms with Crippen LogP contribution in [0.4, 0.5) is 0 Å². The van der Waals surface area contributed by atoms with Crippen LogP contribution >= 0.6 is 12.2 Å². The van der Waals surface area contributed by atoms with Crippen molar-refractivity contribution in [2.75, 3.05) is 14.1 Å². The molecule has 2 atom stereocenters. The van der Waals surface area contributed by atoms with E-state index in [1.807, 2.05) is 0 Å². The molecule has 27 heavy (non-hydrogen) atoms. The molecule has 0 spiro atoms. The normalized spacial score (nSPS) is 23.7. The van der Waals surface area contributed by atoms with E-state index in [4.69, 9.17) is 17.0 Å². The molecule has 0 saturated carbocycles. The maximum Gasteiger partial charge on any atom is 0.160 e. The highest BCUT2D eigenvalue weighted by Gasteiger charge is 2.56. The predicted octanol–water partition coefficient (Wildman–Crippen LogP) is 5.51. The molecular weight excluding hydrogens is 366 g/mol. The average Bonchev–Trinajstić information content (AvgIpc) is 3.13. The molecule has 140 valence electrons. The van der Waals surface area contributed by atoms with Gasteiger partial charge in [0.25, 0.3) is 0 Å². The molecule has 4 rings (SSSR count).